The van der Waals surface area contributed by atoms with E-state index < -0.39 is 21.4 Å². The molecule has 3 aromatic rings. The fourth-order valence-corrected chi connectivity index (χ4v) is 3.63. The maximum Gasteiger partial charge on any atom is 0.369 e. The van der Waals surface area contributed by atoms with Crippen LogP contribution in [0.15, 0.2) is 51.5 Å². The number of nitrogens with one attached hydrogen (secondary N) is 1. The van der Waals surface area contributed by atoms with Gasteiger partial charge in [0.05, 0.1) is 10.6 Å². The quantitative estimate of drug-likeness (QED) is 0.691. The summed E-state index contributed by atoms with van der Waals surface area (Å²) in [5, 5.41) is 12.3. The number of aromatic nitrogens is 4. The normalized spacial score (nSPS) is 11.4. The molecular weight excluding hydrogens is 366 g/mol. The predicted octanol–water partition coefficient (Wildman–Crippen LogP) is 0.533. The van der Waals surface area contributed by atoms with Crippen LogP contribution in [0.2, 0.25) is 0 Å². The lowest BCUT2D eigenvalue weighted by Gasteiger charge is -2.09. The number of hydrogen-bond acceptors (Lipinski definition) is 7. The summed E-state index contributed by atoms with van der Waals surface area (Å²) >= 11 is 1.31. The summed E-state index contributed by atoms with van der Waals surface area (Å²) in [4.78, 5) is 24.4. The van der Waals surface area contributed by atoms with Crippen LogP contribution in [-0.4, -0.2) is 40.4 Å². The smallest absolute Gasteiger partial charge is 0.323 e. The van der Waals surface area contributed by atoms with Gasteiger partial charge in [-0.2, -0.15) is 9.36 Å². The van der Waals surface area contributed by atoms with E-state index in [0.29, 0.717) is 5.00 Å². The third-order valence-corrected chi connectivity index (χ3v) is 5.21. The molecule has 0 spiro atoms. The monoisotopic (exact) mass is 379 g/mol. The van der Waals surface area contributed by atoms with E-state index in [1.807, 2.05) is 0 Å². The molecule has 0 aliphatic rings. The third kappa shape index (κ3) is 3.67. The van der Waals surface area contributed by atoms with Gasteiger partial charge in [-0.25, -0.2) is 13.2 Å². The molecule has 11 heteroatoms. The van der Waals surface area contributed by atoms with Gasteiger partial charge in [-0.05, 0) is 40.1 Å². The number of anilines is 1. The van der Waals surface area contributed by atoms with Crippen LogP contribution in [-0.2, 0) is 21.2 Å². The number of hydrogen-bond donors (Lipinski definition) is 1. The molecule has 2 aromatic heterocycles. The molecule has 0 saturated carbocycles. The Labute approximate surface area is 146 Å². The molecule has 130 valence electrons. The Morgan fingerprint density at radius 3 is 2.64 bits per heavy atom. The first-order chi connectivity index (χ1) is 11.9. The maximum atomic E-state index is 12.2. The Balaban J connectivity index is 1.80. The fourth-order valence-electron chi connectivity index (χ4n) is 2.12. The minimum Gasteiger partial charge on any atom is -0.323 e. The number of tetrazole rings is 1. The standard InChI is InChI=1S/C14H13N5O4S2/c1-25(22,23)11-6-3-2-5-10(11)15-12(20)9-18-14(21)19(17-16-18)13-7-4-8-24-13/h2-8H,9H2,1H3,(H,15,20). The summed E-state index contributed by atoms with van der Waals surface area (Å²) in [6.45, 7) is -0.387. The average Bonchev–Trinajstić information content (AvgIpc) is 3.17. The van der Waals surface area contributed by atoms with Gasteiger partial charge in [0, 0.05) is 6.26 Å². The number of rotatable bonds is 5. The van der Waals surface area contributed by atoms with Crippen LogP contribution in [0.3, 0.4) is 0 Å². The molecule has 2 heterocycles. The van der Waals surface area contributed by atoms with Gasteiger partial charge in [0.1, 0.15) is 11.5 Å². The van der Waals surface area contributed by atoms with E-state index in [1.54, 1.807) is 29.6 Å². The van der Waals surface area contributed by atoms with Crippen molar-refractivity contribution in [1.82, 2.24) is 19.8 Å². The Bertz CT molecular complexity index is 1070. The molecule has 0 bridgehead atoms. The zero-order valence-electron chi connectivity index (χ0n) is 13.0. The Hall–Kier alpha value is -2.79. The average molecular weight is 379 g/mol. The number of para-hydroxylation sites is 1. The van der Waals surface area contributed by atoms with Crippen molar-refractivity contribution in [3.8, 4) is 5.00 Å². The zero-order chi connectivity index (χ0) is 18.0. The van der Waals surface area contributed by atoms with Crippen molar-refractivity contribution < 1.29 is 13.2 Å². The third-order valence-electron chi connectivity index (χ3n) is 3.21. The van der Waals surface area contributed by atoms with Gasteiger partial charge < -0.3 is 5.32 Å². The first-order valence-corrected chi connectivity index (χ1v) is 9.79. The summed E-state index contributed by atoms with van der Waals surface area (Å²) < 4.78 is 25.5. The molecule has 0 fully saturated rings. The van der Waals surface area contributed by atoms with Crippen LogP contribution in [0, 0.1) is 0 Å². The molecule has 0 atom stereocenters. The van der Waals surface area contributed by atoms with Gasteiger partial charge in [-0.3, -0.25) is 4.79 Å². The van der Waals surface area contributed by atoms with Gasteiger partial charge in [0.25, 0.3) is 0 Å². The highest BCUT2D eigenvalue weighted by Gasteiger charge is 2.17. The molecule has 0 saturated heterocycles. The summed E-state index contributed by atoms with van der Waals surface area (Å²) in [6.07, 6.45) is 1.05. The van der Waals surface area contributed by atoms with Crippen LogP contribution in [0.4, 0.5) is 5.69 Å². The second kappa shape index (κ2) is 6.61. The molecular formula is C14H13N5O4S2. The van der Waals surface area contributed by atoms with Crippen molar-refractivity contribution in [3.63, 3.8) is 0 Å². The SMILES string of the molecule is CS(=O)(=O)c1ccccc1NC(=O)Cn1nnn(-c2cccs2)c1=O. The van der Waals surface area contributed by atoms with Gasteiger partial charge in [-0.1, -0.05) is 12.1 Å². The highest BCUT2D eigenvalue weighted by atomic mass is 32.2. The Kier molecular flexibility index (Phi) is 4.51. The minimum atomic E-state index is -3.50. The number of benzene rings is 1. The Morgan fingerprint density at radius 2 is 1.96 bits per heavy atom. The topological polar surface area (TPSA) is 116 Å². The van der Waals surface area contributed by atoms with Crippen LogP contribution < -0.4 is 11.0 Å². The number of sulfone groups is 1. The first-order valence-electron chi connectivity index (χ1n) is 7.02. The molecule has 1 N–H and O–H groups in total. The van der Waals surface area contributed by atoms with Crippen molar-refractivity contribution in [1.29, 1.82) is 0 Å². The number of amides is 1. The summed E-state index contributed by atoms with van der Waals surface area (Å²) in [5.41, 5.74) is -0.414. The van der Waals surface area contributed by atoms with Gasteiger partial charge in [-0.15, -0.1) is 11.3 Å². The molecule has 0 aliphatic carbocycles. The van der Waals surface area contributed by atoms with Crippen molar-refractivity contribution in [2.45, 2.75) is 11.4 Å². The minimum absolute atomic E-state index is 0.00191. The van der Waals surface area contributed by atoms with E-state index in [4.69, 9.17) is 0 Å². The van der Waals surface area contributed by atoms with E-state index in [1.165, 1.54) is 23.5 Å². The van der Waals surface area contributed by atoms with Gasteiger partial charge in [0.15, 0.2) is 9.84 Å². The van der Waals surface area contributed by atoms with Gasteiger partial charge in [0.2, 0.25) is 5.91 Å². The number of carbonyl (C=O) groups is 1. The lowest BCUT2D eigenvalue weighted by molar-refractivity contribution is -0.117. The molecule has 25 heavy (non-hydrogen) atoms. The van der Waals surface area contributed by atoms with Crippen LogP contribution >= 0.6 is 11.3 Å². The van der Waals surface area contributed by atoms with E-state index >= 15 is 0 Å². The molecule has 1 amide bonds. The van der Waals surface area contributed by atoms with Crippen molar-refractivity contribution in [3.05, 3.63) is 52.3 Å². The maximum absolute atomic E-state index is 12.2. The lowest BCUT2D eigenvalue weighted by Crippen LogP contribution is -2.29. The van der Waals surface area contributed by atoms with E-state index in [-0.39, 0.29) is 17.1 Å². The lowest BCUT2D eigenvalue weighted by atomic mass is 10.3. The van der Waals surface area contributed by atoms with E-state index in [2.05, 4.69) is 15.7 Å². The first kappa shape index (κ1) is 17.0. The molecule has 0 aliphatic heterocycles. The Morgan fingerprint density at radius 1 is 1.20 bits per heavy atom. The zero-order valence-corrected chi connectivity index (χ0v) is 14.6. The molecule has 0 unspecified atom stereocenters. The number of nitrogens with zero attached hydrogens (tertiary/aromatic N) is 4. The molecule has 3 rings (SSSR count). The molecule has 1 aromatic carbocycles. The highest BCUT2D eigenvalue weighted by Crippen LogP contribution is 2.20. The van der Waals surface area contributed by atoms with Crippen molar-refractivity contribution in [2.75, 3.05) is 11.6 Å². The number of thiophene rings is 1. The highest BCUT2D eigenvalue weighted by molar-refractivity contribution is 7.90. The van der Waals surface area contributed by atoms with Crippen molar-refractivity contribution in [2.24, 2.45) is 0 Å². The summed E-state index contributed by atoms with van der Waals surface area (Å²) in [7, 11) is -3.50. The van der Waals surface area contributed by atoms with E-state index in [9.17, 15) is 18.0 Å². The van der Waals surface area contributed by atoms with Gasteiger partial charge >= 0.3 is 5.69 Å². The van der Waals surface area contributed by atoms with Crippen LogP contribution in [0.25, 0.3) is 5.00 Å². The van der Waals surface area contributed by atoms with Crippen LogP contribution in [0.1, 0.15) is 0 Å². The second-order valence-electron chi connectivity index (χ2n) is 5.10. The second-order valence-corrected chi connectivity index (χ2v) is 8.01. The van der Waals surface area contributed by atoms with Crippen molar-refractivity contribution >= 4 is 32.8 Å². The fraction of sp³-hybridized carbons (Fsp3) is 0.143. The molecule has 0 radical (unpaired) electrons. The predicted molar refractivity (Wildman–Crippen MR) is 91.7 cm³/mol. The van der Waals surface area contributed by atoms with E-state index in [0.717, 1.165) is 15.6 Å². The van der Waals surface area contributed by atoms with Crippen LogP contribution in [0.5, 0.6) is 0 Å². The molecule has 9 nitrogen and oxygen atoms in total. The summed E-state index contributed by atoms with van der Waals surface area (Å²) in [6, 6.07) is 9.49. The number of carbonyl (C=O) groups excluding carboxylic acids is 1. The largest absolute Gasteiger partial charge is 0.369 e. The summed E-state index contributed by atoms with van der Waals surface area (Å²) in [5.74, 6) is -0.587.